The smallest absolute Gasteiger partial charge is 0.217 e. The van der Waals surface area contributed by atoms with Gasteiger partial charge in [0, 0.05) is 6.42 Å². The molecular formula is C7H16N2O. The van der Waals surface area contributed by atoms with Crippen LogP contribution in [0.3, 0.4) is 0 Å². The molecule has 60 valence electrons. The van der Waals surface area contributed by atoms with Crippen molar-refractivity contribution in [1.29, 1.82) is 0 Å². The minimum absolute atomic E-state index is 0.246. The maximum Gasteiger partial charge on any atom is 0.217 e. The van der Waals surface area contributed by atoms with Crippen LogP contribution in [0.1, 0.15) is 26.2 Å². The van der Waals surface area contributed by atoms with Crippen molar-refractivity contribution < 1.29 is 4.79 Å². The minimum atomic E-state index is -0.246. The van der Waals surface area contributed by atoms with Crippen LogP contribution in [0.15, 0.2) is 0 Å². The molecule has 0 aromatic carbocycles. The molecule has 1 amide bonds. The maximum absolute atomic E-state index is 10.4. The zero-order valence-electron chi connectivity index (χ0n) is 6.47. The Balaban J connectivity index is 3.49. The Morgan fingerprint density at radius 2 is 2.20 bits per heavy atom. The summed E-state index contributed by atoms with van der Waals surface area (Å²) in [7, 11) is 0. The quantitative estimate of drug-likeness (QED) is 0.580. The molecule has 0 aliphatic carbocycles. The second kappa shape index (κ2) is 5.23. The van der Waals surface area contributed by atoms with Crippen LogP contribution in [-0.4, -0.2) is 12.5 Å². The van der Waals surface area contributed by atoms with Gasteiger partial charge in [0.1, 0.15) is 0 Å². The zero-order valence-corrected chi connectivity index (χ0v) is 6.47. The lowest BCUT2D eigenvalue weighted by Crippen LogP contribution is -2.22. The van der Waals surface area contributed by atoms with Crippen LogP contribution in [0, 0.1) is 5.92 Å². The van der Waals surface area contributed by atoms with Crippen LogP contribution in [-0.2, 0) is 4.79 Å². The van der Waals surface area contributed by atoms with Crippen LogP contribution >= 0.6 is 0 Å². The summed E-state index contributed by atoms with van der Waals surface area (Å²) in [5, 5.41) is 0. The number of carbonyl (C=O) groups is 1. The average Bonchev–Trinajstić information content (AvgIpc) is 1.86. The second-order valence-electron chi connectivity index (χ2n) is 2.56. The molecule has 10 heavy (non-hydrogen) atoms. The predicted molar refractivity (Wildman–Crippen MR) is 41.3 cm³/mol. The lowest BCUT2D eigenvalue weighted by Gasteiger charge is -2.09. The molecule has 4 N–H and O–H groups in total. The normalized spacial score (nSPS) is 13.0. The van der Waals surface area contributed by atoms with Crippen molar-refractivity contribution in [2.75, 3.05) is 6.54 Å². The number of carbonyl (C=O) groups excluding carboxylic acids is 1. The van der Waals surface area contributed by atoms with Gasteiger partial charge in [-0.3, -0.25) is 4.79 Å². The van der Waals surface area contributed by atoms with Crippen LogP contribution in [0.4, 0.5) is 0 Å². The van der Waals surface area contributed by atoms with E-state index in [1.807, 2.05) is 0 Å². The molecule has 0 fully saturated rings. The van der Waals surface area contributed by atoms with Gasteiger partial charge >= 0.3 is 0 Å². The fourth-order valence-electron chi connectivity index (χ4n) is 0.996. The lowest BCUT2D eigenvalue weighted by atomic mass is 10.00. The topological polar surface area (TPSA) is 69.1 Å². The molecule has 0 saturated carbocycles. The first-order valence-electron chi connectivity index (χ1n) is 3.69. The average molecular weight is 144 g/mol. The third kappa shape index (κ3) is 4.32. The van der Waals surface area contributed by atoms with Gasteiger partial charge in [0.2, 0.25) is 5.91 Å². The summed E-state index contributed by atoms with van der Waals surface area (Å²) < 4.78 is 0. The van der Waals surface area contributed by atoms with Crippen molar-refractivity contribution in [3.8, 4) is 0 Å². The van der Waals surface area contributed by atoms with Crippen molar-refractivity contribution in [2.45, 2.75) is 26.2 Å². The van der Waals surface area contributed by atoms with E-state index in [0.717, 1.165) is 12.8 Å². The first-order chi connectivity index (χ1) is 4.70. The number of rotatable bonds is 5. The summed E-state index contributed by atoms with van der Waals surface area (Å²) in [6, 6.07) is 0. The fourth-order valence-corrected chi connectivity index (χ4v) is 0.996. The molecule has 0 aromatic heterocycles. The predicted octanol–water partition coefficient (Wildman–Crippen LogP) is 0.237. The van der Waals surface area contributed by atoms with Gasteiger partial charge < -0.3 is 11.5 Å². The molecule has 0 spiro atoms. The third-order valence-electron chi connectivity index (χ3n) is 1.52. The molecule has 0 aliphatic heterocycles. The molecule has 3 nitrogen and oxygen atoms in total. The molecule has 0 saturated heterocycles. The minimum Gasteiger partial charge on any atom is -0.370 e. The van der Waals surface area contributed by atoms with Gasteiger partial charge in [-0.15, -0.1) is 0 Å². The van der Waals surface area contributed by atoms with Crippen LogP contribution < -0.4 is 11.5 Å². The summed E-state index contributed by atoms with van der Waals surface area (Å²) >= 11 is 0. The van der Waals surface area contributed by atoms with Crippen LogP contribution in [0.5, 0.6) is 0 Å². The third-order valence-corrected chi connectivity index (χ3v) is 1.52. The van der Waals surface area contributed by atoms with E-state index in [-0.39, 0.29) is 5.91 Å². The molecule has 0 aliphatic rings. The highest BCUT2D eigenvalue weighted by Crippen LogP contribution is 2.07. The standard InChI is InChI=1S/C7H16N2O/c1-2-3-6(5-8)4-7(9)10/h6H,2-5,8H2,1H3,(H2,9,10)/t6-/m1/s1. The zero-order chi connectivity index (χ0) is 7.98. The molecule has 0 heterocycles. The number of hydrogen-bond acceptors (Lipinski definition) is 2. The van der Waals surface area contributed by atoms with Crippen molar-refractivity contribution in [2.24, 2.45) is 17.4 Å². The van der Waals surface area contributed by atoms with E-state index in [0.29, 0.717) is 18.9 Å². The number of amides is 1. The number of hydrogen-bond donors (Lipinski definition) is 2. The Labute approximate surface area is 61.8 Å². The molecular weight excluding hydrogens is 128 g/mol. The van der Waals surface area contributed by atoms with Crippen molar-refractivity contribution in [1.82, 2.24) is 0 Å². The summed E-state index contributed by atoms with van der Waals surface area (Å²) in [6.07, 6.45) is 2.50. The Bertz CT molecular complexity index is 104. The summed E-state index contributed by atoms with van der Waals surface area (Å²) in [4.78, 5) is 10.4. The second-order valence-corrected chi connectivity index (χ2v) is 2.56. The van der Waals surface area contributed by atoms with Crippen LogP contribution in [0.2, 0.25) is 0 Å². The summed E-state index contributed by atoms with van der Waals surface area (Å²) in [6.45, 7) is 2.64. The van der Waals surface area contributed by atoms with Gasteiger partial charge in [-0.05, 0) is 18.9 Å². The van der Waals surface area contributed by atoms with Crippen LogP contribution in [0.25, 0.3) is 0 Å². The molecule has 0 unspecified atom stereocenters. The highest BCUT2D eigenvalue weighted by molar-refractivity contribution is 5.73. The molecule has 3 heteroatoms. The number of nitrogens with two attached hydrogens (primary N) is 2. The maximum atomic E-state index is 10.4. The molecule has 1 atom stereocenters. The van der Waals surface area contributed by atoms with Gasteiger partial charge in [0.25, 0.3) is 0 Å². The first kappa shape index (κ1) is 9.43. The van der Waals surface area contributed by atoms with Gasteiger partial charge in [-0.2, -0.15) is 0 Å². The van der Waals surface area contributed by atoms with Crippen molar-refractivity contribution >= 4 is 5.91 Å². The Kier molecular flexibility index (Phi) is 4.94. The van der Waals surface area contributed by atoms with Gasteiger partial charge in [0.15, 0.2) is 0 Å². The fraction of sp³-hybridized carbons (Fsp3) is 0.857. The molecule has 0 aromatic rings. The highest BCUT2D eigenvalue weighted by atomic mass is 16.1. The van der Waals surface area contributed by atoms with E-state index < -0.39 is 0 Å². The number of primary amides is 1. The summed E-state index contributed by atoms with van der Waals surface area (Å²) in [5.74, 6) is 0.0476. The van der Waals surface area contributed by atoms with E-state index in [1.165, 1.54) is 0 Å². The van der Waals surface area contributed by atoms with Gasteiger partial charge in [-0.25, -0.2) is 0 Å². The Morgan fingerprint density at radius 1 is 1.60 bits per heavy atom. The van der Waals surface area contributed by atoms with Crippen molar-refractivity contribution in [3.05, 3.63) is 0 Å². The molecule has 0 bridgehead atoms. The SMILES string of the molecule is CCC[C@@H](CN)CC(N)=O. The van der Waals surface area contributed by atoms with E-state index in [4.69, 9.17) is 11.5 Å². The van der Waals surface area contributed by atoms with E-state index in [1.54, 1.807) is 0 Å². The van der Waals surface area contributed by atoms with Gasteiger partial charge in [-0.1, -0.05) is 13.3 Å². The van der Waals surface area contributed by atoms with Crippen molar-refractivity contribution in [3.63, 3.8) is 0 Å². The Morgan fingerprint density at radius 3 is 2.50 bits per heavy atom. The monoisotopic (exact) mass is 144 g/mol. The largest absolute Gasteiger partial charge is 0.370 e. The van der Waals surface area contributed by atoms with Gasteiger partial charge in [0.05, 0.1) is 0 Å². The first-order valence-corrected chi connectivity index (χ1v) is 3.69. The molecule has 0 rings (SSSR count). The molecule has 0 radical (unpaired) electrons. The van der Waals surface area contributed by atoms with E-state index in [9.17, 15) is 4.79 Å². The van der Waals surface area contributed by atoms with E-state index in [2.05, 4.69) is 6.92 Å². The lowest BCUT2D eigenvalue weighted by molar-refractivity contribution is -0.118. The Hall–Kier alpha value is -0.570. The van der Waals surface area contributed by atoms with E-state index >= 15 is 0 Å². The highest BCUT2D eigenvalue weighted by Gasteiger charge is 2.07. The summed E-state index contributed by atoms with van der Waals surface area (Å²) in [5.41, 5.74) is 10.4.